The number of hydrogen-bond acceptors (Lipinski definition) is 8. The average molecular weight is 509 g/mol. The summed E-state index contributed by atoms with van der Waals surface area (Å²) < 4.78 is 50.3. The number of carbonyl (C=O) groups is 3. The number of rotatable bonds is 10. The van der Waals surface area contributed by atoms with Gasteiger partial charge in [-0.3, -0.25) is 9.59 Å². The molecule has 0 saturated carbocycles. The number of ether oxygens (including phenoxy) is 2. The SMILES string of the molecule is CCN(/C=C/C=C(O)/C=C1/C(=O)N(c2ccc(C(=O)OCCOC(C)=O)cc2)N=C1C(F)(F)F)CC. The average Bonchev–Trinajstić information content (AvgIpc) is 3.15. The van der Waals surface area contributed by atoms with Crippen LogP contribution in [0.2, 0.25) is 0 Å². The molecule has 0 aromatic heterocycles. The Morgan fingerprint density at radius 1 is 1.11 bits per heavy atom. The zero-order chi connectivity index (χ0) is 26.9. The number of carbonyl (C=O) groups excluding carboxylic acids is 3. The van der Waals surface area contributed by atoms with Gasteiger partial charge in [-0.25, -0.2) is 4.79 Å². The van der Waals surface area contributed by atoms with Crippen LogP contribution in [0.4, 0.5) is 18.9 Å². The van der Waals surface area contributed by atoms with Crippen LogP contribution in [-0.4, -0.2) is 66.0 Å². The summed E-state index contributed by atoms with van der Waals surface area (Å²) >= 11 is 0. The molecule has 0 bridgehead atoms. The van der Waals surface area contributed by atoms with Gasteiger partial charge in [0.25, 0.3) is 5.91 Å². The minimum Gasteiger partial charge on any atom is -0.508 e. The molecule has 0 radical (unpaired) electrons. The summed E-state index contributed by atoms with van der Waals surface area (Å²) in [4.78, 5) is 37.4. The zero-order valence-electron chi connectivity index (χ0n) is 19.9. The number of anilines is 1. The molecule has 0 atom stereocenters. The van der Waals surface area contributed by atoms with Crippen LogP contribution in [0.15, 0.2) is 65.1 Å². The van der Waals surface area contributed by atoms with Crippen molar-refractivity contribution in [1.82, 2.24) is 4.90 Å². The Morgan fingerprint density at radius 2 is 1.72 bits per heavy atom. The molecule has 9 nitrogen and oxygen atoms in total. The summed E-state index contributed by atoms with van der Waals surface area (Å²) in [5.41, 5.74) is -2.27. The van der Waals surface area contributed by atoms with E-state index in [9.17, 15) is 32.7 Å². The molecule has 0 aliphatic carbocycles. The predicted molar refractivity (Wildman–Crippen MR) is 125 cm³/mol. The molecule has 1 aliphatic heterocycles. The van der Waals surface area contributed by atoms with Crippen molar-refractivity contribution in [3.8, 4) is 0 Å². The van der Waals surface area contributed by atoms with Crippen molar-refractivity contribution in [1.29, 1.82) is 0 Å². The van der Waals surface area contributed by atoms with Crippen molar-refractivity contribution in [3.05, 3.63) is 65.6 Å². The van der Waals surface area contributed by atoms with E-state index in [0.717, 1.165) is 6.08 Å². The van der Waals surface area contributed by atoms with Crippen LogP contribution < -0.4 is 5.01 Å². The van der Waals surface area contributed by atoms with E-state index in [-0.39, 0.29) is 24.5 Å². The van der Waals surface area contributed by atoms with Gasteiger partial charge in [-0.2, -0.15) is 23.3 Å². The summed E-state index contributed by atoms with van der Waals surface area (Å²) in [6.45, 7) is 6.13. The number of benzene rings is 1. The number of hydrogen-bond donors (Lipinski definition) is 1. The Balaban J connectivity index is 2.22. The highest BCUT2D eigenvalue weighted by molar-refractivity contribution is 6.32. The molecular weight excluding hydrogens is 483 g/mol. The molecule has 0 fully saturated rings. The van der Waals surface area contributed by atoms with E-state index in [0.29, 0.717) is 24.2 Å². The number of esters is 2. The monoisotopic (exact) mass is 509 g/mol. The van der Waals surface area contributed by atoms with Crippen LogP contribution in [0.1, 0.15) is 31.1 Å². The molecule has 1 heterocycles. The number of nitrogens with zero attached hydrogens (tertiary/aromatic N) is 3. The maximum Gasteiger partial charge on any atom is 0.435 e. The normalized spacial score (nSPS) is 15.4. The van der Waals surface area contributed by atoms with E-state index in [1.807, 2.05) is 18.7 Å². The van der Waals surface area contributed by atoms with Crippen molar-refractivity contribution in [2.24, 2.45) is 5.10 Å². The van der Waals surface area contributed by atoms with Gasteiger partial charge in [0.1, 0.15) is 19.0 Å². The number of amides is 1. The number of allylic oxidation sites excluding steroid dienone is 3. The van der Waals surface area contributed by atoms with Crippen molar-refractivity contribution >= 4 is 29.2 Å². The second-order valence-corrected chi connectivity index (χ2v) is 7.30. The largest absolute Gasteiger partial charge is 0.508 e. The molecule has 2 rings (SSSR count). The maximum atomic E-state index is 13.6. The number of halogens is 3. The zero-order valence-corrected chi connectivity index (χ0v) is 19.9. The molecule has 1 N–H and O–H groups in total. The summed E-state index contributed by atoms with van der Waals surface area (Å²) in [7, 11) is 0. The van der Waals surface area contributed by atoms with Crippen molar-refractivity contribution in [2.45, 2.75) is 26.9 Å². The summed E-state index contributed by atoms with van der Waals surface area (Å²) in [6, 6.07) is 4.94. The number of aliphatic hydroxyl groups is 1. The number of aliphatic hydroxyl groups excluding tert-OH is 1. The van der Waals surface area contributed by atoms with Crippen LogP contribution in [0.25, 0.3) is 0 Å². The lowest BCUT2D eigenvalue weighted by atomic mass is 10.1. The molecule has 1 aromatic rings. The van der Waals surface area contributed by atoms with Crippen LogP contribution in [0, 0.1) is 0 Å². The van der Waals surface area contributed by atoms with E-state index in [4.69, 9.17) is 4.74 Å². The van der Waals surface area contributed by atoms with Crippen LogP contribution in [0.3, 0.4) is 0 Å². The fourth-order valence-corrected chi connectivity index (χ4v) is 2.96. The predicted octanol–water partition coefficient (Wildman–Crippen LogP) is 3.90. The van der Waals surface area contributed by atoms with Gasteiger partial charge in [0.2, 0.25) is 0 Å². The molecule has 0 saturated heterocycles. The first-order chi connectivity index (χ1) is 17.0. The van der Waals surface area contributed by atoms with Crippen LogP contribution in [0.5, 0.6) is 0 Å². The first-order valence-corrected chi connectivity index (χ1v) is 10.9. The second kappa shape index (κ2) is 12.6. The Labute approximate surface area is 205 Å². The van der Waals surface area contributed by atoms with Gasteiger partial charge in [-0.1, -0.05) is 0 Å². The summed E-state index contributed by atoms with van der Waals surface area (Å²) in [5, 5.41) is 14.0. The van der Waals surface area contributed by atoms with E-state index in [2.05, 4.69) is 9.84 Å². The highest BCUT2D eigenvalue weighted by Gasteiger charge is 2.47. The van der Waals surface area contributed by atoms with Gasteiger partial charge in [0, 0.05) is 20.0 Å². The smallest absolute Gasteiger partial charge is 0.435 e. The molecule has 0 unspecified atom stereocenters. The highest BCUT2D eigenvalue weighted by Crippen LogP contribution is 2.32. The van der Waals surface area contributed by atoms with E-state index in [1.165, 1.54) is 37.3 Å². The van der Waals surface area contributed by atoms with Gasteiger partial charge in [-0.05, 0) is 62.5 Å². The Kier molecular flexibility index (Phi) is 9.83. The van der Waals surface area contributed by atoms with Gasteiger partial charge in [0.05, 0.1) is 16.8 Å². The fourth-order valence-electron chi connectivity index (χ4n) is 2.96. The molecule has 12 heteroatoms. The first-order valence-electron chi connectivity index (χ1n) is 10.9. The van der Waals surface area contributed by atoms with Gasteiger partial charge in [-0.15, -0.1) is 0 Å². The molecule has 1 aliphatic rings. The van der Waals surface area contributed by atoms with Gasteiger partial charge < -0.3 is 19.5 Å². The van der Waals surface area contributed by atoms with Crippen molar-refractivity contribution in [3.63, 3.8) is 0 Å². The third-order valence-electron chi connectivity index (χ3n) is 4.78. The molecular formula is C24H26F3N3O6. The minimum absolute atomic E-state index is 0.0356. The highest BCUT2D eigenvalue weighted by atomic mass is 19.4. The minimum atomic E-state index is -4.96. The lowest BCUT2D eigenvalue weighted by Crippen LogP contribution is -2.25. The molecule has 1 amide bonds. The maximum absolute atomic E-state index is 13.6. The number of alkyl halides is 3. The molecule has 36 heavy (non-hydrogen) atoms. The number of hydrazone groups is 1. The van der Waals surface area contributed by atoms with Crippen LogP contribution >= 0.6 is 0 Å². The third-order valence-corrected chi connectivity index (χ3v) is 4.78. The molecule has 1 aromatic carbocycles. The Morgan fingerprint density at radius 3 is 2.28 bits per heavy atom. The lowest BCUT2D eigenvalue weighted by Gasteiger charge is -2.13. The summed E-state index contributed by atoms with van der Waals surface area (Å²) in [6.07, 6.45) is 0.0106. The van der Waals surface area contributed by atoms with E-state index in [1.54, 1.807) is 6.20 Å². The Hall–Kier alpha value is -4.09. The van der Waals surface area contributed by atoms with E-state index < -0.39 is 41.1 Å². The standard InChI is InChI=1S/C24H26F3N3O6/c1-4-29(5-2)12-6-7-19(32)15-20-21(24(25,26)27)28-30(22(20)33)18-10-8-17(9-11-18)23(34)36-14-13-35-16(3)31/h6-12,15,32H,4-5,13-14H2,1-3H3/b12-6+,19-7-,20-15+. The lowest BCUT2D eigenvalue weighted by molar-refractivity contribution is -0.142. The van der Waals surface area contributed by atoms with E-state index >= 15 is 0 Å². The fraction of sp³-hybridized carbons (Fsp3) is 0.333. The quantitative estimate of drug-likeness (QED) is 0.168. The van der Waals surface area contributed by atoms with Crippen molar-refractivity contribution < 1.29 is 42.1 Å². The van der Waals surface area contributed by atoms with Gasteiger partial charge in [0.15, 0.2) is 5.71 Å². The van der Waals surface area contributed by atoms with Gasteiger partial charge >= 0.3 is 18.1 Å². The first kappa shape index (κ1) is 28.1. The topological polar surface area (TPSA) is 109 Å². The third kappa shape index (κ3) is 7.72. The summed E-state index contributed by atoms with van der Waals surface area (Å²) in [5.74, 6) is -2.95. The second-order valence-electron chi connectivity index (χ2n) is 7.30. The van der Waals surface area contributed by atoms with Crippen LogP contribution in [-0.2, 0) is 19.1 Å². The molecule has 194 valence electrons. The molecule has 0 spiro atoms. The Bertz CT molecular complexity index is 1090. The van der Waals surface area contributed by atoms with Crippen molar-refractivity contribution in [2.75, 3.05) is 31.3 Å².